The highest BCUT2D eigenvalue weighted by atomic mass is 32.2. The van der Waals surface area contributed by atoms with E-state index < -0.39 is 5.97 Å². The molecule has 0 fully saturated rings. The van der Waals surface area contributed by atoms with Crippen molar-refractivity contribution in [3.05, 3.63) is 108 Å². The van der Waals surface area contributed by atoms with Crippen LogP contribution in [-0.4, -0.2) is 33.8 Å². The zero-order valence-electron chi connectivity index (χ0n) is 21.8. The minimum absolute atomic E-state index is 0.0235. The van der Waals surface area contributed by atoms with Gasteiger partial charge in [-0.3, -0.25) is 10.1 Å². The lowest BCUT2D eigenvalue weighted by molar-refractivity contribution is -0.552. The monoisotopic (exact) mass is 538 g/mol. The Morgan fingerprint density at radius 2 is 1.67 bits per heavy atom. The van der Waals surface area contributed by atoms with Crippen molar-refractivity contribution in [2.45, 2.75) is 49.5 Å². The van der Waals surface area contributed by atoms with Crippen LogP contribution in [0.5, 0.6) is 0 Å². The summed E-state index contributed by atoms with van der Waals surface area (Å²) in [5.74, 6) is 1.00. The topological polar surface area (TPSA) is 83.2 Å². The van der Waals surface area contributed by atoms with E-state index in [-0.39, 0.29) is 18.4 Å². The van der Waals surface area contributed by atoms with E-state index in [4.69, 9.17) is 10.1 Å². The van der Waals surface area contributed by atoms with Crippen molar-refractivity contribution in [3.8, 4) is 11.3 Å². The molecule has 1 aliphatic heterocycles. The van der Waals surface area contributed by atoms with Crippen molar-refractivity contribution in [1.29, 1.82) is 0 Å². The number of carboxylic acid groups (broad SMARTS) is 1. The molecule has 0 saturated heterocycles. The van der Waals surface area contributed by atoms with Crippen LogP contribution in [0, 0.1) is 0 Å². The molecule has 6 nitrogen and oxygen atoms in total. The number of thioether (sulfide) groups is 1. The van der Waals surface area contributed by atoms with E-state index in [1.807, 2.05) is 60.8 Å². The van der Waals surface area contributed by atoms with Gasteiger partial charge in [-0.05, 0) is 41.9 Å². The number of unbranched alkanes of at least 4 members (excludes halogenated alkanes) is 2. The van der Waals surface area contributed by atoms with Gasteiger partial charge < -0.3 is 5.11 Å². The molecule has 1 aromatic heterocycles. The molecule has 0 spiro atoms. The molecule has 5 rings (SSSR count). The number of fused-ring (bicyclic) bond motifs is 1. The Kier molecular flexibility index (Phi) is 8.68. The quantitative estimate of drug-likeness (QED) is 0.130. The van der Waals surface area contributed by atoms with Gasteiger partial charge >= 0.3 is 17.7 Å². The Morgan fingerprint density at radius 3 is 2.44 bits per heavy atom. The Morgan fingerprint density at radius 1 is 0.923 bits per heavy atom. The number of rotatable bonds is 12. The highest BCUT2D eigenvalue weighted by molar-refractivity contribution is 7.99. The highest BCUT2D eigenvalue weighted by Gasteiger charge is 2.41. The van der Waals surface area contributed by atoms with Crippen molar-refractivity contribution in [3.63, 3.8) is 0 Å². The second-order valence-electron chi connectivity index (χ2n) is 9.76. The van der Waals surface area contributed by atoms with Gasteiger partial charge in [-0.2, -0.15) is 4.57 Å². The molecule has 0 saturated carbocycles. The third kappa shape index (κ3) is 6.92. The summed E-state index contributed by atoms with van der Waals surface area (Å²) in [6.45, 7) is 0. The minimum atomic E-state index is -0.731. The van der Waals surface area contributed by atoms with Gasteiger partial charge in [-0.15, -0.1) is 11.8 Å². The fraction of sp³-hybridized carbons (Fsp3) is 0.250. The number of aliphatic carboxylic acids is 1. The van der Waals surface area contributed by atoms with E-state index in [1.54, 1.807) is 16.3 Å². The average Bonchev–Trinajstić information content (AvgIpc) is 3.27. The minimum Gasteiger partial charge on any atom is -0.481 e. The maximum atomic E-state index is 13.6. The Balaban J connectivity index is 1.31. The van der Waals surface area contributed by atoms with E-state index >= 15 is 0 Å². The van der Waals surface area contributed by atoms with Crippen molar-refractivity contribution >= 4 is 29.5 Å². The molecule has 0 amide bonds. The van der Waals surface area contributed by atoms with Gasteiger partial charge in [-0.1, -0.05) is 79.2 Å². The second kappa shape index (κ2) is 12.7. The molecule has 7 heteroatoms. The highest BCUT2D eigenvalue weighted by Crippen LogP contribution is 2.26. The van der Waals surface area contributed by atoms with Crippen LogP contribution in [0.4, 0.5) is 5.82 Å². The maximum Gasteiger partial charge on any atom is 0.359 e. The van der Waals surface area contributed by atoms with Crippen molar-refractivity contribution in [2.75, 3.05) is 11.1 Å². The number of carbonyl (C=O) groups excluding carboxylic acids is 1. The first-order valence-electron chi connectivity index (χ1n) is 13.4. The third-order valence-electron chi connectivity index (χ3n) is 6.79. The molecule has 198 valence electrons. The summed E-state index contributed by atoms with van der Waals surface area (Å²) >= 11 is 1.77. The van der Waals surface area contributed by atoms with E-state index in [2.05, 4.69) is 35.6 Å². The lowest BCUT2D eigenvalue weighted by Crippen LogP contribution is -2.44. The summed E-state index contributed by atoms with van der Waals surface area (Å²) < 4.78 is 1.74. The fourth-order valence-electron chi connectivity index (χ4n) is 4.82. The first-order valence-corrected chi connectivity index (χ1v) is 14.3. The number of carbonyl (C=O) groups is 2. The second-order valence-corrected chi connectivity index (χ2v) is 10.9. The summed E-state index contributed by atoms with van der Waals surface area (Å²) in [5.41, 5.74) is 4.86. The van der Waals surface area contributed by atoms with Crippen LogP contribution < -0.4 is 9.88 Å². The number of hydrogen-bond donors (Lipinski definition) is 2. The molecule has 2 N–H and O–H groups in total. The summed E-state index contributed by atoms with van der Waals surface area (Å²) in [7, 11) is 0. The zero-order chi connectivity index (χ0) is 27.0. The number of nitrogens with one attached hydrogen (secondary N) is 1. The van der Waals surface area contributed by atoms with Crippen molar-refractivity contribution in [1.82, 2.24) is 4.98 Å². The smallest absolute Gasteiger partial charge is 0.359 e. The average molecular weight is 539 g/mol. The van der Waals surface area contributed by atoms with E-state index in [1.165, 1.54) is 4.90 Å². The number of benzene rings is 3. The lowest BCUT2D eigenvalue weighted by Gasteiger charge is -2.07. The van der Waals surface area contributed by atoms with Gasteiger partial charge in [-0.25, -0.2) is 9.78 Å². The van der Waals surface area contributed by atoms with Crippen LogP contribution in [0.1, 0.15) is 47.3 Å². The van der Waals surface area contributed by atoms with Crippen molar-refractivity contribution in [2.24, 2.45) is 0 Å². The molecule has 1 unspecified atom stereocenters. The van der Waals surface area contributed by atoms with Gasteiger partial charge in [0.05, 0.1) is 0 Å². The van der Waals surface area contributed by atoms with Crippen LogP contribution in [0.2, 0.25) is 0 Å². The molecule has 1 aliphatic rings. The molecular weight excluding hydrogens is 506 g/mol. The Labute approximate surface area is 233 Å². The number of aromatic nitrogens is 2. The lowest BCUT2D eigenvalue weighted by atomic mass is 10.1. The molecule has 0 bridgehead atoms. The van der Waals surface area contributed by atoms with E-state index in [0.717, 1.165) is 58.9 Å². The van der Waals surface area contributed by atoms with Crippen LogP contribution in [0.3, 0.4) is 0 Å². The Hall–Kier alpha value is -3.97. The molecular formula is C32H32N3O3S+. The van der Waals surface area contributed by atoms with Gasteiger partial charge in [0, 0.05) is 29.7 Å². The molecule has 3 aromatic carbocycles. The Bertz CT molecular complexity index is 1440. The van der Waals surface area contributed by atoms with Crippen LogP contribution in [0.25, 0.3) is 11.3 Å². The summed E-state index contributed by atoms with van der Waals surface area (Å²) in [5, 5.41) is 12.3. The van der Waals surface area contributed by atoms with Gasteiger partial charge in [0.1, 0.15) is 17.6 Å². The molecule has 0 aliphatic carbocycles. The van der Waals surface area contributed by atoms with Gasteiger partial charge in [0.25, 0.3) is 0 Å². The first kappa shape index (κ1) is 26.6. The third-order valence-corrected chi connectivity index (χ3v) is 7.87. The number of carboxylic acids is 1. The van der Waals surface area contributed by atoms with Crippen LogP contribution in [0.15, 0.2) is 96.0 Å². The molecule has 39 heavy (non-hydrogen) atoms. The predicted octanol–water partition coefficient (Wildman–Crippen LogP) is 6.04. The van der Waals surface area contributed by atoms with Gasteiger partial charge in [0.15, 0.2) is 6.04 Å². The summed E-state index contributed by atoms with van der Waals surface area (Å²) in [6.07, 6.45) is 5.92. The van der Waals surface area contributed by atoms with Crippen LogP contribution >= 0.6 is 11.8 Å². The summed E-state index contributed by atoms with van der Waals surface area (Å²) in [4.78, 5) is 30.5. The van der Waals surface area contributed by atoms with E-state index in [0.29, 0.717) is 12.8 Å². The zero-order valence-corrected chi connectivity index (χ0v) is 22.6. The molecule has 2 heterocycles. The summed E-state index contributed by atoms with van der Waals surface area (Å²) in [6, 6.07) is 28.2. The largest absolute Gasteiger partial charge is 0.481 e. The SMILES string of the molecule is O=C(O)CCCCCSc1cccc(CC2Nc3c(Cc4ccccc4)nc(-c4ccccc4)c[n+]3C2=O)c1. The number of nitrogens with zero attached hydrogens (tertiary/aromatic N) is 2. The van der Waals surface area contributed by atoms with Crippen LogP contribution in [-0.2, 0) is 17.6 Å². The molecule has 0 radical (unpaired) electrons. The normalized spacial score (nSPS) is 14.2. The van der Waals surface area contributed by atoms with E-state index in [9.17, 15) is 9.59 Å². The standard InChI is InChI=1S/C32H31N3O3S/c36-30(37)17-8-3-9-18-39-26-16-10-13-24(19-26)21-28-32(38)35-22-29(25-14-6-2-7-15-25)33-27(31(35)34-28)20-23-11-4-1-5-12-23/h1-2,4-7,10-16,19,22,28H,3,8-9,17-18,20-21H2,(H,36,37)/p+1. The molecule has 4 aromatic rings. The number of anilines is 1. The fourth-order valence-corrected chi connectivity index (χ4v) is 5.81. The predicted molar refractivity (Wildman–Crippen MR) is 154 cm³/mol. The number of hydrogen-bond acceptors (Lipinski definition) is 5. The molecule has 1 atom stereocenters. The van der Waals surface area contributed by atoms with Crippen molar-refractivity contribution < 1.29 is 19.3 Å². The first-order chi connectivity index (χ1) is 19.1. The van der Waals surface area contributed by atoms with Gasteiger partial charge in [0.2, 0.25) is 0 Å². The maximum absolute atomic E-state index is 13.6.